The molecule has 1 heterocycles. The Bertz CT molecular complexity index is 967. The fraction of sp³-hybridized carbons (Fsp3) is 0.111. The van der Waals surface area contributed by atoms with Gasteiger partial charge in [-0.1, -0.05) is 11.8 Å². The van der Waals surface area contributed by atoms with E-state index in [-0.39, 0.29) is 11.6 Å². The summed E-state index contributed by atoms with van der Waals surface area (Å²) in [5, 5.41) is 14.5. The quantitative estimate of drug-likeness (QED) is 0.542. The van der Waals surface area contributed by atoms with E-state index in [2.05, 4.69) is 10.3 Å². The Hall–Kier alpha value is -3.13. The Morgan fingerprint density at radius 1 is 1.23 bits per heavy atom. The average molecular weight is 368 g/mol. The van der Waals surface area contributed by atoms with Crippen LogP contribution in [0.3, 0.4) is 0 Å². The van der Waals surface area contributed by atoms with Crippen molar-refractivity contribution in [2.75, 3.05) is 5.32 Å². The van der Waals surface area contributed by atoms with E-state index in [0.29, 0.717) is 16.8 Å². The summed E-state index contributed by atoms with van der Waals surface area (Å²) in [6.45, 7) is 1.61. The van der Waals surface area contributed by atoms with Gasteiger partial charge in [0.05, 0.1) is 4.92 Å². The molecule has 1 aromatic heterocycles. The number of nitrogens with zero attached hydrogens (tertiary/aromatic N) is 3. The number of nitro benzene ring substituents is 1. The molecule has 3 aromatic rings. The second-order valence-corrected chi connectivity index (χ2v) is 6.70. The highest BCUT2D eigenvalue weighted by Gasteiger charge is 2.14. The molecule has 0 spiro atoms. The van der Waals surface area contributed by atoms with Gasteiger partial charge in [0, 0.05) is 47.2 Å². The third-order valence-corrected chi connectivity index (χ3v) is 4.84. The lowest BCUT2D eigenvalue weighted by molar-refractivity contribution is -0.385. The summed E-state index contributed by atoms with van der Waals surface area (Å²) in [6.07, 6.45) is 3.62. The Morgan fingerprint density at radius 2 is 1.96 bits per heavy atom. The second kappa shape index (κ2) is 7.40. The maximum Gasteiger partial charge on any atom is 0.272 e. The molecule has 1 amide bonds. The highest BCUT2D eigenvalue weighted by molar-refractivity contribution is 7.99. The minimum absolute atomic E-state index is 0.00258. The summed E-state index contributed by atoms with van der Waals surface area (Å²) in [6, 6.07) is 11.7. The Labute approximate surface area is 154 Å². The van der Waals surface area contributed by atoms with Crippen molar-refractivity contribution in [1.82, 2.24) is 9.55 Å². The number of anilines is 1. The van der Waals surface area contributed by atoms with Crippen LogP contribution in [0.1, 0.15) is 15.9 Å². The lowest BCUT2D eigenvalue weighted by Gasteiger charge is -2.07. The highest BCUT2D eigenvalue weighted by Crippen LogP contribution is 2.27. The molecule has 0 saturated carbocycles. The Kier molecular flexibility index (Phi) is 5.04. The number of imidazole rings is 1. The molecule has 0 saturated heterocycles. The van der Waals surface area contributed by atoms with Gasteiger partial charge in [-0.25, -0.2) is 4.98 Å². The van der Waals surface area contributed by atoms with Crippen LogP contribution in [-0.4, -0.2) is 20.4 Å². The van der Waals surface area contributed by atoms with Gasteiger partial charge in [-0.2, -0.15) is 0 Å². The lowest BCUT2D eigenvalue weighted by atomic mass is 10.1. The molecule has 0 fully saturated rings. The fourth-order valence-electron chi connectivity index (χ4n) is 2.37. The van der Waals surface area contributed by atoms with Crippen LogP contribution in [0.5, 0.6) is 0 Å². The van der Waals surface area contributed by atoms with Crippen molar-refractivity contribution in [3.05, 3.63) is 76.1 Å². The molecule has 0 unspecified atom stereocenters. The molecule has 8 heteroatoms. The van der Waals surface area contributed by atoms with Gasteiger partial charge < -0.3 is 9.88 Å². The average Bonchev–Trinajstić information content (AvgIpc) is 3.01. The van der Waals surface area contributed by atoms with Crippen molar-refractivity contribution >= 4 is 29.0 Å². The summed E-state index contributed by atoms with van der Waals surface area (Å²) in [5.74, 6) is -0.312. The number of hydrogen-bond acceptors (Lipinski definition) is 5. The van der Waals surface area contributed by atoms with Crippen molar-refractivity contribution in [1.29, 1.82) is 0 Å². The van der Waals surface area contributed by atoms with Crippen LogP contribution in [0.4, 0.5) is 11.4 Å². The molecule has 0 bridgehead atoms. The number of aromatic nitrogens is 2. The van der Waals surface area contributed by atoms with Gasteiger partial charge in [0.25, 0.3) is 11.6 Å². The zero-order valence-electron chi connectivity index (χ0n) is 14.2. The third kappa shape index (κ3) is 3.92. The van der Waals surface area contributed by atoms with Gasteiger partial charge in [-0.3, -0.25) is 14.9 Å². The molecule has 0 radical (unpaired) electrons. The normalized spacial score (nSPS) is 10.5. The van der Waals surface area contributed by atoms with E-state index in [9.17, 15) is 14.9 Å². The minimum Gasteiger partial charge on any atom is -0.329 e. The van der Waals surface area contributed by atoms with Crippen molar-refractivity contribution < 1.29 is 9.72 Å². The topological polar surface area (TPSA) is 90.1 Å². The number of nitro groups is 1. The predicted molar refractivity (Wildman–Crippen MR) is 99.6 cm³/mol. The zero-order valence-corrected chi connectivity index (χ0v) is 15.0. The second-order valence-electron chi connectivity index (χ2n) is 5.66. The Balaban J connectivity index is 1.69. The standard InChI is InChI=1S/C18H16N4O3S/c1-12-11-13(3-8-16(12)22(24)25)17(23)20-14-4-6-15(7-5-14)26-18-19-9-10-21(18)2/h3-11H,1-2H3,(H,20,23). The van der Waals surface area contributed by atoms with Crippen molar-refractivity contribution in [2.45, 2.75) is 17.0 Å². The number of nitrogens with one attached hydrogen (secondary N) is 1. The van der Waals surface area contributed by atoms with E-state index in [4.69, 9.17) is 0 Å². The van der Waals surface area contributed by atoms with Crippen LogP contribution >= 0.6 is 11.8 Å². The highest BCUT2D eigenvalue weighted by atomic mass is 32.2. The van der Waals surface area contributed by atoms with Crippen molar-refractivity contribution in [3.8, 4) is 0 Å². The molecule has 3 rings (SSSR count). The molecule has 2 aromatic carbocycles. The van der Waals surface area contributed by atoms with E-state index < -0.39 is 4.92 Å². The summed E-state index contributed by atoms with van der Waals surface area (Å²) in [7, 11) is 1.93. The minimum atomic E-state index is -0.463. The Morgan fingerprint density at radius 3 is 2.54 bits per heavy atom. The molecule has 1 N–H and O–H groups in total. The van der Waals surface area contributed by atoms with E-state index >= 15 is 0 Å². The fourth-order valence-corrected chi connectivity index (χ4v) is 3.17. The first kappa shape index (κ1) is 17.7. The first-order valence-electron chi connectivity index (χ1n) is 7.75. The van der Waals surface area contributed by atoms with E-state index in [1.165, 1.54) is 30.0 Å². The van der Waals surface area contributed by atoms with Gasteiger partial charge >= 0.3 is 0 Å². The number of carbonyl (C=O) groups excluding carboxylic acids is 1. The van der Waals surface area contributed by atoms with Gasteiger partial charge in [0.2, 0.25) is 0 Å². The van der Waals surface area contributed by atoms with Gasteiger partial charge in [0.15, 0.2) is 5.16 Å². The molecule has 7 nitrogen and oxygen atoms in total. The summed E-state index contributed by atoms with van der Waals surface area (Å²) in [4.78, 5) is 28.0. The number of benzene rings is 2. The van der Waals surface area contributed by atoms with E-state index in [1.54, 1.807) is 25.3 Å². The molecular formula is C18H16N4O3S. The monoisotopic (exact) mass is 368 g/mol. The molecule has 0 aliphatic carbocycles. The number of amides is 1. The van der Waals surface area contributed by atoms with Crippen LogP contribution in [0.2, 0.25) is 0 Å². The van der Waals surface area contributed by atoms with Crippen LogP contribution in [0.25, 0.3) is 0 Å². The maximum atomic E-state index is 12.3. The van der Waals surface area contributed by atoms with Crippen LogP contribution in [0, 0.1) is 17.0 Å². The summed E-state index contributed by atoms with van der Waals surface area (Å²) in [5.41, 5.74) is 1.47. The van der Waals surface area contributed by atoms with Crippen LogP contribution in [0.15, 0.2) is 64.9 Å². The molecule has 26 heavy (non-hydrogen) atoms. The summed E-state index contributed by atoms with van der Waals surface area (Å²) < 4.78 is 1.93. The van der Waals surface area contributed by atoms with Gasteiger partial charge in [-0.05, 0) is 43.3 Å². The summed E-state index contributed by atoms with van der Waals surface area (Å²) >= 11 is 1.53. The smallest absolute Gasteiger partial charge is 0.272 e. The van der Waals surface area contributed by atoms with Crippen molar-refractivity contribution in [2.24, 2.45) is 7.05 Å². The first-order valence-corrected chi connectivity index (χ1v) is 8.57. The lowest BCUT2D eigenvalue weighted by Crippen LogP contribution is -2.12. The number of rotatable bonds is 5. The maximum absolute atomic E-state index is 12.3. The molecule has 0 atom stereocenters. The molecule has 0 aliphatic rings. The zero-order chi connectivity index (χ0) is 18.7. The molecule has 0 aliphatic heterocycles. The predicted octanol–water partition coefficient (Wildman–Crippen LogP) is 4.04. The van der Waals surface area contributed by atoms with Crippen molar-refractivity contribution in [3.63, 3.8) is 0 Å². The largest absolute Gasteiger partial charge is 0.329 e. The van der Waals surface area contributed by atoms with Crippen LogP contribution in [-0.2, 0) is 7.05 Å². The van der Waals surface area contributed by atoms with E-state index in [0.717, 1.165) is 10.1 Å². The van der Waals surface area contributed by atoms with Crippen LogP contribution < -0.4 is 5.32 Å². The molecular weight excluding hydrogens is 352 g/mol. The number of hydrogen-bond donors (Lipinski definition) is 1. The van der Waals surface area contributed by atoms with Gasteiger partial charge in [-0.15, -0.1) is 0 Å². The third-order valence-electron chi connectivity index (χ3n) is 3.75. The SMILES string of the molecule is Cc1cc(C(=O)Nc2ccc(Sc3nccn3C)cc2)ccc1[N+](=O)[O-]. The first-order chi connectivity index (χ1) is 12.4. The van der Waals surface area contributed by atoms with Gasteiger partial charge in [0.1, 0.15) is 0 Å². The number of aryl methyl sites for hydroxylation is 2. The van der Waals surface area contributed by atoms with E-state index in [1.807, 2.05) is 29.9 Å². The number of carbonyl (C=O) groups is 1. The molecule has 132 valence electrons.